The van der Waals surface area contributed by atoms with E-state index >= 15 is 0 Å². The summed E-state index contributed by atoms with van der Waals surface area (Å²) in [5.41, 5.74) is 5.14. The molecule has 0 radical (unpaired) electrons. The van der Waals surface area contributed by atoms with E-state index in [1.165, 1.54) is 47.1 Å². The quantitative estimate of drug-likeness (QED) is 0.447. The maximum atomic E-state index is 12.5. The van der Waals surface area contributed by atoms with Gasteiger partial charge in [0.15, 0.2) is 0 Å². The van der Waals surface area contributed by atoms with E-state index in [0.717, 1.165) is 44.3 Å². The average molecular weight is 446 g/mol. The summed E-state index contributed by atoms with van der Waals surface area (Å²) in [6.45, 7) is 12.0. The van der Waals surface area contributed by atoms with E-state index in [1.54, 1.807) is 0 Å². The van der Waals surface area contributed by atoms with Crippen molar-refractivity contribution in [1.29, 1.82) is 0 Å². The number of rotatable bonds is 9. The van der Waals surface area contributed by atoms with Crippen LogP contribution < -0.4 is 5.32 Å². The minimum atomic E-state index is 0.158. The van der Waals surface area contributed by atoms with Gasteiger partial charge in [0.05, 0.1) is 0 Å². The van der Waals surface area contributed by atoms with Crippen molar-refractivity contribution < 1.29 is 4.79 Å². The predicted octanol–water partition coefficient (Wildman–Crippen LogP) is 5.41. The topological polar surface area (TPSA) is 37.3 Å². The first-order valence-corrected chi connectivity index (χ1v) is 12.6. The third-order valence-corrected chi connectivity index (χ3v) is 7.01. The summed E-state index contributed by atoms with van der Waals surface area (Å²) >= 11 is 0. The van der Waals surface area contributed by atoms with Crippen LogP contribution in [0.1, 0.15) is 49.8 Å². The van der Waals surface area contributed by atoms with E-state index in [9.17, 15) is 4.79 Å². The Hall–Kier alpha value is -2.59. The zero-order valence-electron chi connectivity index (χ0n) is 20.5. The van der Waals surface area contributed by atoms with Crippen molar-refractivity contribution in [3.8, 4) is 0 Å². The predicted molar refractivity (Wildman–Crippen MR) is 138 cm³/mol. The lowest BCUT2D eigenvalue weighted by molar-refractivity contribution is -0.121. The Balaban J connectivity index is 1.29. The first-order valence-electron chi connectivity index (χ1n) is 12.6. The van der Waals surface area contributed by atoms with E-state index in [2.05, 4.69) is 90.3 Å². The van der Waals surface area contributed by atoms with Crippen molar-refractivity contribution in [2.45, 2.75) is 53.0 Å². The molecule has 2 heterocycles. The molecular formula is C29H39N3O. The smallest absolute Gasteiger partial charge is 0.220 e. The highest BCUT2D eigenvalue weighted by atomic mass is 16.1. The Labute approximate surface area is 199 Å². The number of nitrogens with one attached hydrogen (secondary N) is 1. The molecule has 1 N–H and O–H groups in total. The fraction of sp³-hybridized carbons (Fsp3) is 0.483. The molecule has 1 aliphatic heterocycles. The van der Waals surface area contributed by atoms with Gasteiger partial charge in [0, 0.05) is 49.7 Å². The molecule has 1 aromatic heterocycles. The number of hydrogen-bond donors (Lipinski definition) is 1. The number of fused-ring (bicyclic) bond motifs is 1. The van der Waals surface area contributed by atoms with Crippen LogP contribution in [-0.2, 0) is 17.8 Å². The fourth-order valence-electron chi connectivity index (χ4n) is 5.47. The van der Waals surface area contributed by atoms with E-state index in [-0.39, 0.29) is 5.91 Å². The summed E-state index contributed by atoms with van der Waals surface area (Å²) in [6, 6.07) is 17.1. The fourth-order valence-corrected chi connectivity index (χ4v) is 5.47. The number of hydrogen-bond acceptors (Lipinski definition) is 2. The summed E-state index contributed by atoms with van der Waals surface area (Å²) in [5, 5.41) is 4.40. The molecule has 0 unspecified atom stereocenters. The van der Waals surface area contributed by atoms with E-state index in [1.807, 2.05) is 0 Å². The molecule has 176 valence electrons. The van der Waals surface area contributed by atoms with Gasteiger partial charge in [0.2, 0.25) is 5.91 Å². The number of carbonyl (C=O) groups excluding carboxylic acids is 1. The molecule has 0 spiro atoms. The van der Waals surface area contributed by atoms with Crippen molar-refractivity contribution >= 4 is 16.8 Å². The second kappa shape index (κ2) is 11.0. The zero-order valence-corrected chi connectivity index (χ0v) is 20.5. The van der Waals surface area contributed by atoms with Crippen molar-refractivity contribution in [3.05, 3.63) is 71.4 Å². The van der Waals surface area contributed by atoms with Crippen LogP contribution in [0.5, 0.6) is 0 Å². The van der Waals surface area contributed by atoms with E-state index in [0.29, 0.717) is 6.42 Å². The third kappa shape index (κ3) is 6.26. The monoisotopic (exact) mass is 445 g/mol. The van der Waals surface area contributed by atoms with Gasteiger partial charge in [-0.2, -0.15) is 0 Å². The highest BCUT2D eigenvalue weighted by Crippen LogP contribution is 2.24. The number of nitrogens with zero attached hydrogens (tertiary/aromatic N) is 2. The number of aromatic nitrogens is 1. The van der Waals surface area contributed by atoms with Gasteiger partial charge in [-0.15, -0.1) is 0 Å². The van der Waals surface area contributed by atoms with Crippen LogP contribution in [0.2, 0.25) is 0 Å². The molecule has 0 aliphatic carbocycles. The number of amides is 1. The lowest BCUT2D eigenvalue weighted by atomic mass is 9.92. The van der Waals surface area contributed by atoms with Crippen LogP contribution in [-0.4, -0.2) is 41.6 Å². The Morgan fingerprint density at radius 2 is 1.73 bits per heavy atom. The highest BCUT2D eigenvalue weighted by Gasteiger charge is 2.21. The standard InChI is InChI=1S/C29H39N3O/c1-22-17-23(2)19-31(18-22)16-8-15-30-29(33)14-13-26-21-32(28-12-7-6-11-27(26)28)20-25-10-5-4-9-24(25)3/h4-7,9-12,21-23H,8,13-20H2,1-3H3,(H,30,33)/t22-,23+. The van der Waals surface area contributed by atoms with Crippen LogP contribution >= 0.6 is 0 Å². The van der Waals surface area contributed by atoms with Crippen LogP contribution in [0.15, 0.2) is 54.7 Å². The number of aryl methyl sites for hydroxylation is 2. The maximum Gasteiger partial charge on any atom is 0.220 e. The molecule has 4 heteroatoms. The molecule has 3 aromatic rings. The normalized spacial score (nSPS) is 19.1. The van der Waals surface area contributed by atoms with Crippen molar-refractivity contribution in [2.24, 2.45) is 11.8 Å². The van der Waals surface area contributed by atoms with Gasteiger partial charge >= 0.3 is 0 Å². The largest absolute Gasteiger partial charge is 0.356 e. The molecule has 2 atom stereocenters. The lowest BCUT2D eigenvalue weighted by Crippen LogP contribution is -2.40. The molecule has 1 amide bonds. The zero-order chi connectivity index (χ0) is 23.2. The molecular weight excluding hydrogens is 406 g/mol. The van der Waals surface area contributed by atoms with Crippen LogP contribution in [0.4, 0.5) is 0 Å². The number of benzene rings is 2. The molecule has 4 rings (SSSR count). The molecule has 0 bridgehead atoms. The molecule has 1 saturated heterocycles. The average Bonchev–Trinajstić information content (AvgIpc) is 3.14. The maximum absolute atomic E-state index is 12.5. The second-order valence-corrected chi connectivity index (χ2v) is 10.1. The summed E-state index contributed by atoms with van der Waals surface area (Å²) in [5.74, 6) is 1.73. The van der Waals surface area contributed by atoms with E-state index in [4.69, 9.17) is 0 Å². The third-order valence-electron chi connectivity index (χ3n) is 7.01. The summed E-state index contributed by atoms with van der Waals surface area (Å²) in [6.07, 6.45) is 5.92. The van der Waals surface area contributed by atoms with Crippen LogP contribution in [0.25, 0.3) is 10.9 Å². The van der Waals surface area contributed by atoms with Gasteiger partial charge in [-0.05, 0) is 67.3 Å². The van der Waals surface area contributed by atoms with Crippen molar-refractivity contribution in [3.63, 3.8) is 0 Å². The number of likely N-dealkylation sites (tertiary alicyclic amines) is 1. The van der Waals surface area contributed by atoms with Crippen LogP contribution in [0, 0.1) is 18.8 Å². The Morgan fingerprint density at radius 1 is 1.00 bits per heavy atom. The number of carbonyl (C=O) groups is 1. The number of piperidine rings is 1. The first-order chi connectivity index (χ1) is 16.0. The minimum Gasteiger partial charge on any atom is -0.356 e. The van der Waals surface area contributed by atoms with Gasteiger partial charge in [-0.3, -0.25) is 4.79 Å². The van der Waals surface area contributed by atoms with Gasteiger partial charge in [-0.25, -0.2) is 0 Å². The summed E-state index contributed by atoms with van der Waals surface area (Å²) in [4.78, 5) is 15.1. The second-order valence-electron chi connectivity index (χ2n) is 10.1. The van der Waals surface area contributed by atoms with Gasteiger partial charge < -0.3 is 14.8 Å². The number of para-hydroxylation sites is 1. The van der Waals surface area contributed by atoms with Gasteiger partial charge in [0.1, 0.15) is 0 Å². The van der Waals surface area contributed by atoms with Crippen LogP contribution in [0.3, 0.4) is 0 Å². The molecule has 0 saturated carbocycles. The van der Waals surface area contributed by atoms with Gasteiger partial charge in [0.25, 0.3) is 0 Å². The molecule has 4 nitrogen and oxygen atoms in total. The van der Waals surface area contributed by atoms with Crippen molar-refractivity contribution in [1.82, 2.24) is 14.8 Å². The molecule has 33 heavy (non-hydrogen) atoms. The Kier molecular flexibility index (Phi) is 7.87. The Bertz CT molecular complexity index is 1060. The molecule has 1 fully saturated rings. The SMILES string of the molecule is Cc1ccccc1Cn1cc(CCC(=O)NCCCN2C[C@H](C)C[C@H](C)C2)c2ccccc21. The van der Waals surface area contributed by atoms with Gasteiger partial charge in [-0.1, -0.05) is 56.3 Å². The summed E-state index contributed by atoms with van der Waals surface area (Å²) in [7, 11) is 0. The Morgan fingerprint density at radius 3 is 2.52 bits per heavy atom. The molecule has 2 aromatic carbocycles. The minimum absolute atomic E-state index is 0.158. The summed E-state index contributed by atoms with van der Waals surface area (Å²) < 4.78 is 2.32. The van der Waals surface area contributed by atoms with E-state index < -0.39 is 0 Å². The lowest BCUT2D eigenvalue weighted by Gasteiger charge is -2.34. The first kappa shape index (κ1) is 23.6. The highest BCUT2D eigenvalue weighted by molar-refractivity contribution is 5.85. The van der Waals surface area contributed by atoms with Crippen molar-refractivity contribution in [2.75, 3.05) is 26.2 Å². The molecule has 1 aliphatic rings.